The standard InChI is InChI=1S/C10H8FNO2/c11-7-2-1-3-8(6-7)12-9(13)4-5-10(12)14/h1-3,6H,4-5H2. The number of carbonyl (C=O) groups excluding carboxylic acids is 2. The average molecular weight is 193 g/mol. The number of anilines is 1. The molecule has 0 N–H and O–H groups in total. The van der Waals surface area contributed by atoms with Crippen molar-refractivity contribution in [2.75, 3.05) is 4.90 Å². The molecule has 0 aliphatic carbocycles. The zero-order valence-corrected chi connectivity index (χ0v) is 7.37. The fraction of sp³-hybridized carbons (Fsp3) is 0.200. The van der Waals surface area contributed by atoms with Crippen molar-refractivity contribution in [3.05, 3.63) is 30.1 Å². The van der Waals surface area contributed by atoms with E-state index in [1.807, 2.05) is 0 Å². The van der Waals surface area contributed by atoms with Gasteiger partial charge in [0.1, 0.15) is 5.82 Å². The Balaban J connectivity index is 2.39. The minimum absolute atomic E-state index is 0.218. The lowest BCUT2D eigenvalue weighted by Crippen LogP contribution is -2.28. The molecule has 72 valence electrons. The van der Waals surface area contributed by atoms with E-state index in [1.165, 1.54) is 18.2 Å². The molecule has 1 aliphatic heterocycles. The van der Waals surface area contributed by atoms with Crippen LogP contribution in [0.25, 0.3) is 0 Å². The van der Waals surface area contributed by atoms with Gasteiger partial charge in [-0.1, -0.05) is 6.07 Å². The molecule has 2 amide bonds. The van der Waals surface area contributed by atoms with E-state index in [9.17, 15) is 14.0 Å². The molecule has 1 fully saturated rings. The van der Waals surface area contributed by atoms with Gasteiger partial charge in [-0.3, -0.25) is 14.5 Å². The van der Waals surface area contributed by atoms with E-state index < -0.39 is 5.82 Å². The smallest absolute Gasteiger partial charge is 0.234 e. The van der Waals surface area contributed by atoms with Gasteiger partial charge in [0.2, 0.25) is 11.8 Å². The van der Waals surface area contributed by atoms with Crippen molar-refractivity contribution in [1.82, 2.24) is 0 Å². The van der Waals surface area contributed by atoms with E-state index in [4.69, 9.17) is 0 Å². The van der Waals surface area contributed by atoms with Crippen LogP contribution in [-0.4, -0.2) is 11.8 Å². The summed E-state index contributed by atoms with van der Waals surface area (Å²) < 4.78 is 12.8. The zero-order chi connectivity index (χ0) is 10.1. The van der Waals surface area contributed by atoms with Crippen molar-refractivity contribution in [1.29, 1.82) is 0 Å². The molecule has 4 heteroatoms. The molecule has 0 spiro atoms. The average Bonchev–Trinajstić information content (AvgIpc) is 2.46. The molecule has 14 heavy (non-hydrogen) atoms. The van der Waals surface area contributed by atoms with Crippen LogP contribution in [0.1, 0.15) is 12.8 Å². The Kier molecular flexibility index (Phi) is 2.04. The van der Waals surface area contributed by atoms with Gasteiger partial charge in [0.15, 0.2) is 0 Å². The molecule has 3 nitrogen and oxygen atoms in total. The Hall–Kier alpha value is -1.71. The third-order valence-electron chi connectivity index (χ3n) is 2.12. The van der Waals surface area contributed by atoms with Crippen LogP contribution in [0, 0.1) is 5.82 Å². The molecule has 1 aromatic carbocycles. The first-order valence-electron chi connectivity index (χ1n) is 4.30. The Morgan fingerprint density at radius 1 is 1.14 bits per heavy atom. The minimum Gasteiger partial charge on any atom is -0.274 e. The molecule has 2 rings (SSSR count). The van der Waals surface area contributed by atoms with E-state index in [2.05, 4.69) is 0 Å². The van der Waals surface area contributed by atoms with Crippen LogP contribution in [0.15, 0.2) is 24.3 Å². The maximum Gasteiger partial charge on any atom is 0.234 e. The van der Waals surface area contributed by atoms with Gasteiger partial charge >= 0.3 is 0 Å². The summed E-state index contributed by atoms with van der Waals surface area (Å²) in [6.45, 7) is 0. The second-order valence-electron chi connectivity index (χ2n) is 3.10. The summed E-state index contributed by atoms with van der Waals surface area (Å²) in [5.74, 6) is -0.976. The fourth-order valence-corrected chi connectivity index (χ4v) is 1.48. The summed E-state index contributed by atoms with van der Waals surface area (Å²) in [5.41, 5.74) is 0.317. The quantitative estimate of drug-likeness (QED) is 0.633. The van der Waals surface area contributed by atoms with Crippen LogP contribution in [0.3, 0.4) is 0 Å². The maximum absolute atomic E-state index is 12.8. The molecule has 1 heterocycles. The fourth-order valence-electron chi connectivity index (χ4n) is 1.48. The van der Waals surface area contributed by atoms with E-state index in [1.54, 1.807) is 6.07 Å². The molecule has 0 bridgehead atoms. The second-order valence-corrected chi connectivity index (χ2v) is 3.10. The summed E-state index contributed by atoms with van der Waals surface area (Å²) in [6, 6.07) is 5.48. The third kappa shape index (κ3) is 1.39. The molecular weight excluding hydrogens is 185 g/mol. The monoisotopic (exact) mass is 193 g/mol. The molecule has 0 unspecified atom stereocenters. The van der Waals surface area contributed by atoms with Gasteiger partial charge in [0, 0.05) is 12.8 Å². The van der Waals surface area contributed by atoms with Crippen LogP contribution < -0.4 is 4.90 Å². The van der Waals surface area contributed by atoms with Gasteiger partial charge in [-0.15, -0.1) is 0 Å². The molecule has 1 aromatic rings. The molecule has 1 saturated heterocycles. The van der Waals surface area contributed by atoms with E-state index in [0.29, 0.717) is 5.69 Å². The number of halogens is 1. The largest absolute Gasteiger partial charge is 0.274 e. The first-order chi connectivity index (χ1) is 6.68. The molecular formula is C10H8FNO2. The van der Waals surface area contributed by atoms with Crippen LogP contribution in [0.5, 0.6) is 0 Å². The van der Waals surface area contributed by atoms with Crippen LogP contribution in [0.4, 0.5) is 10.1 Å². The maximum atomic E-state index is 12.8. The summed E-state index contributed by atoms with van der Waals surface area (Å²) in [6.07, 6.45) is 0.435. The molecule has 0 atom stereocenters. The van der Waals surface area contributed by atoms with Gasteiger partial charge in [-0.05, 0) is 18.2 Å². The highest BCUT2D eigenvalue weighted by atomic mass is 19.1. The number of carbonyl (C=O) groups is 2. The van der Waals surface area contributed by atoms with Gasteiger partial charge in [-0.25, -0.2) is 4.39 Å². The molecule has 0 saturated carbocycles. The SMILES string of the molecule is O=C1CCC(=O)N1c1cccc(F)c1. The zero-order valence-electron chi connectivity index (χ0n) is 7.37. The lowest BCUT2D eigenvalue weighted by molar-refractivity contribution is -0.121. The van der Waals surface area contributed by atoms with E-state index in [0.717, 1.165) is 4.90 Å². The van der Waals surface area contributed by atoms with Crippen LogP contribution in [-0.2, 0) is 9.59 Å². The minimum atomic E-state index is -0.449. The predicted molar refractivity (Wildman–Crippen MR) is 48.1 cm³/mol. The number of hydrogen-bond donors (Lipinski definition) is 0. The number of nitrogens with zero attached hydrogens (tertiary/aromatic N) is 1. The third-order valence-corrected chi connectivity index (χ3v) is 2.12. The van der Waals surface area contributed by atoms with Crippen LogP contribution in [0.2, 0.25) is 0 Å². The number of rotatable bonds is 1. The normalized spacial score (nSPS) is 16.5. The Bertz CT molecular complexity index is 387. The lowest BCUT2D eigenvalue weighted by Gasteiger charge is -2.13. The first-order valence-corrected chi connectivity index (χ1v) is 4.30. The second kappa shape index (κ2) is 3.21. The highest BCUT2D eigenvalue weighted by Gasteiger charge is 2.30. The highest BCUT2D eigenvalue weighted by Crippen LogP contribution is 2.22. The summed E-state index contributed by atoms with van der Waals surface area (Å²) >= 11 is 0. The molecule has 0 radical (unpaired) electrons. The topological polar surface area (TPSA) is 37.4 Å². The number of amides is 2. The van der Waals surface area contributed by atoms with Gasteiger partial charge < -0.3 is 0 Å². The van der Waals surface area contributed by atoms with Crippen molar-refractivity contribution in [3.63, 3.8) is 0 Å². The van der Waals surface area contributed by atoms with Crippen molar-refractivity contribution in [2.24, 2.45) is 0 Å². The summed E-state index contributed by atoms with van der Waals surface area (Å²) in [4.78, 5) is 23.6. The van der Waals surface area contributed by atoms with E-state index in [-0.39, 0.29) is 24.7 Å². The van der Waals surface area contributed by atoms with Crippen LogP contribution >= 0.6 is 0 Å². The van der Waals surface area contributed by atoms with Gasteiger partial charge in [-0.2, -0.15) is 0 Å². The van der Waals surface area contributed by atoms with Gasteiger partial charge in [0.05, 0.1) is 5.69 Å². The number of hydrogen-bond acceptors (Lipinski definition) is 2. The Morgan fingerprint density at radius 2 is 1.79 bits per heavy atom. The lowest BCUT2D eigenvalue weighted by atomic mass is 10.3. The number of benzene rings is 1. The van der Waals surface area contributed by atoms with Crippen molar-refractivity contribution in [3.8, 4) is 0 Å². The Labute approximate surface area is 80.1 Å². The van der Waals surface area contributed by atoms with Crippen molar-refractivity contribution in [2.45, 2.75) is 12.8 Å². The summed E-state index contributed by atoms with van der Waals surface area (Å²) in [5, 5.41) is 0. The van der Waals surface area contributed by atoms with Crippen molar-refractivity contribution >= 4 is 17.5 Å². The number of imide groups is 1. The van der Waals surface area contributed by atoms with Gasteiger partial charge in [0.25, 0.3) is 0 Å². The molecule has 1 aliphatic rings. The predicted octanol–water partition coefficient (Wildman–Crippen LogP) is 1.48. The van der Waals surface area contributed by atoms with Crippen molar-refractivity contribution < 1.29 is 14.0 Å². The highest BCUT2D eigenvalue weighted by molar-refractivity contribution is 6.19. The Morgan fingerprint density at radius 3 is 2.36 bits per heavy atom. The first kappa shape index (κ1) is 8.87. The van der Waals surface area contributed by atoms with E-state index >= 15 is 0 Å². The molecule has 0 aromatic heterocycles. The summed E-state index contributed by atoms with van der Waals surface area (Å²) in [7, 11) is 0.